The molecule has 130 valence electrons. The topological polar surface area (TPSA) is 76.6 Å². The predicted octanol–water partition coefficient (Wildman–Crippen LogP) is 1.07. The summed E-state index contributed by atoms with van der Waals surface area (Å²) in [7, 11) is 3.55. The number of methoxy groups -OCH3 is 1. The largest absolute Gasteiger partial charge is 0.377 e. The molecule has 2 aromatic heterocycles. The number of aryl methyl sites for hydroxylation is 1. The minimum atomic E-state index is -0.115. The first kappa shape index (κ1) is 16.7. The van der Waals surface area contributed by atoms with Crippen LogP contribution >= 0.6 is 0 Å². The summed E-state index contributed by atoms with van der Waals surface area (Å²) in [6.07, 6.45) is 3.72. The third kappa shape index (κ3) is 3.20. The van der Waals surface area contributed by atoms with Gasteiger partial charge >= 0.3 is 0 Å². The molecule has 0 bridgehead atoms. The van der Waals surface area contributed by atoms with Gasteiger partial charge in [0.25, 0.3) is 5.91 Å². The van der Waals surface area contributed by atoms with Crippen LogP contribution in [-0.4, -0.2) is 63.7 Å². The number of ether oxygens (including phenoxy) is 1. The van der Waals surface area contributed by atoms with Gasteiger partial charge in [0, 0.05) is 52.3 Å². The molecule has 0 unspecified atom stereocenters. The first-order chi connectivity index (χ1) is 11.6. The molecule has 1 atom stereocenters. The highest BCUT2D eigenvalue weighted by Gasteiger charge is 2.33. The molecule has 8 nitrogen and oxygen atoms in total. The fraction of sp³-hybridized carbons (Fsp3) is 0.562. The number of nitrogens with zero attached hydrogens (tertiary/aromatic N) is 5. The molecule has 1 aliphatic heterocycles. The molecule has 0 aliphatic carbocycles. The van der Waals surface area contributed by atoms with Crippen molar-refractivity contribution in [1.82, 2.24) is 24.5 Å². The van der Waals surface area contributed by atoms with Crippen molar-refractivity contribution in [2.45, 2.75) is 19.6 Å². The molecule has 1 saturated heterocycles. The second-order valence-electron chi connectivity index (χ2n) is 5.90. The molecule has 0 radical (unpaired) electrons. The lowest BCUT2D eigenvalue weighted by Crippen LogP contribution is -2.51. The molecule has 3 heterocycles. The molecule has 8 heteroatoms. The molecule has 24 heavy (non-hydrogen) atoms. The van der Waals surface area contributed by atoms with Crippen LogP contribution in [0.15, 0.2) is 23.0 Å². The summed E-state index contributed by atoms with van der Waals surface area (Å²) in [6, 6.07) is 1.73. The van der Waals surface area contributed by atoms with Crippen molar-refractivity contribution in [3.8, 4) is 0 Å². The Labute approximate surface area is 141 Å². The van der Waals surface area contributed by atoms with Crippen LogP contribution in [0.2, 0.25) is 0 Å². The molecule has 0 saturated carbocycles. The standard InChI is InChI=1S/C16H23N5O3/c1-4-20-7-8-21(10-14(20)15-17-5-6-19(15)2)16(22)13-9-12(11-23-3)24-18-13/h5-6,9,14H,4,7-8,10-11H2,1-3H3/t14-/m1/s1. The molecule has 1 aliphatic rings. The van der Waals surface area contributed by atoms with Gasteiger partial charge in [0.05, 0.1) is 6.04 Å². The number of piperazine rings is 1. The molecule has 3 rings (SSSR count). The fourth-order valence-corrected chi connectivity index (χ4v) is 3.11. The Kier molecular flexibility index (Phi) is 4.96. The van der Waals surface area contributed by atoms with E-state index in [4.69, 9.17) is 9.26 Å². The summed E-state index contributed by atoms with van der Waals surface area (Å²) < 4.78 is 12.1. The van der Waals surface area contributed by atoms with Gasteiger partial charge in [-0.15, -0.1) is 0 Å². The van der Waals surface area contributed by atoms with E-state index in [0.29, 0.717) is 31.2 Å². The molecule has 0 aromatic carbocycles. The van der Waals surface area contributed by atoms with Gasteiger partial charge in [-0.25, -0.2) is 4.98 Å². The predicted molar refractivity (Wildman–Crippen MR) is 86.3 cm³/mol. The maximum atomic E-state index is 12.7. The monoisotopic (exact) mass is 333 g/mol. The molecule has 1 fully saturated rings. The fourth-order valence-electron chi connectivity index (χ4n) is 3.11. The number of carbonyl (C=O) groups excluding carboxylic acids is 1. The minimum Gasteiger partial charge on any atom is -0.377 e. The van der Waals surface area contributed by atoms with Gasteiger partial charge in [-0.3, -0.25) is 9.69 Å². The lowest BCUT2D eigenvalue weighted by Gasteiger charge is -2.40. The van der Waals surface area contributed by atoms with Crippen LogP contribution in [0, 0.1) is 0 Å². The number of amides is 1. The number of hydrogen-bond donors (Lipinski definition) is 0. The van der Waals surface area contributed by atoms with Gasteiger partial charge in [-0.05, 0) is 6.54 Å². The minimum absolute atomic E-state index is 0.0815. The first-order valence-electron chi connectivity index (χ1n) is 8.09. The highest BCUT2D eigenvalue weighted by molar-refractivity contribution is 5.92. The number of carbonyl (C=O) groups is 1. The lowest BCUT2D eigenvalue weighted by atomic mass is 10.1. The lowest BCUT2D eigenvalue weighted by molar-refractivity contribution is 0.0464. The highest BCUT2D eigenvalue weighted by Crippen LogP contribution is 2.24. The summed E-state index contributed by atoms with van der Waals surface area (Å²) >= 11 is 0. The second-order valence-corrected chi connectivity index (χ2v) is 5.90. The van der Waals surface area contributed by atoms with Gasteiger partial charge < -0.3 is 18.7 Å². The van der Waals surface area contributed by atoms with Crippen LogP contribution in [0.3, 0.4) is 0 Å². The number of imidazole rings is 1. The van der Waals surface area contributed by atoms with Crippen LogP contribution in [0.1, 0.15) is 35.0 Å². The van der Waals surface area contributed by atoms with Gasteiger partial charge in [-0.2, -0.15) is 0 Å². The summed E-state index contributed by atoms with van der Waals surface area (Å²) in [6.45, 7) is 5.41. The van der Waals surface area contributed by atoms with E-state index >= 15 is 0 Å². The van der Waals surface area contributed by atoms with Crippen molar-refractivity contribution >= 4 is 5.91 Å². The van der Waals surface area contributed by atoms with Crippen molar-refractivity contribution < 1.29 is 14.1 Å². The third-order valence-corrected chi connectivity index (χ3v) is 4.41. The van der Waals surface area contributed by atoms with E-state index in [-0.39, 0.29) is 11.9 Å². The van der Waals surface area contributed by atoms with Crippen LogP contribution < -0.4 is 0 Å². The number of likely N-dealkylation sites (N-methyl/N-ethyl adjacent to an activating group) is 1. The van der Waals surface area contributed by atoms with Crippen molar-refractivity contribution in [3.05, 3.63) is 35.7 Å². The summed E-state index contributed by atoms with van der Waals surface area (Å²) in [5, 5.41) is 3.87. The van der Waals surface area contributed by atoms with E-state index in [1.807, 2.05) is 22.7 Å². The Morgan fingerprint density at radius 2 is 2.29 bits per heavy atom. The normalized spacial score (nSPS) is 19.0. The van der Waals surface area contributed by atoms with Gasteiger partial charge in [0.15, 0.2) is 11.5 Å². The van der Waals surface area contributed by atoms with E-state index in [2.05, 4.69) is 22.0 Å². The molecular weight excluding hydrogens is 310 g/mol. The quantitative estimate of drug-likeness (QED) is 0.815. The zero-order valence-electron chi connectivity index (χ0n) is 14.3. The van der Waals surface area contributed by atoms with Crippen molar-refractivity contribution in [2.24, 2.45) is 7.05 Å². The zero-order chi connectivity index (χ0) is 17.1. The Morgan fingerprint density at radius 1 is 1.46 bits per heavy atom. The van der Waals surface area contributed by atoms with Crippen LogP contribution in [0.25, 0.3) is 0 Å². The average molecular weight is 333 g/mol. The summed E-state index contributed by atoms with van der Waals surface area (Å²) in [4.78, 5) is 21.4. The van der Waals surface area contributed by atoms with E-state index in [1.54, 1.807) is 19.4 Å². The van der Waals surface area contributed by atoms with E-state index in [9.17, 15) is 4.79 Å². The highest BCUT2D eigenvalue weighted by atomic mass is 16.5. The Hall–Kier alpha value is -2.19. The zero-order valence-corrected chi connectivity index (χ0v) is 14.3. The van der Waals surface area contributed by atoms with Crippen molar-refractivity contribution in [3.63, 3.8) is 0 Å². The maximum absolute atomic E-state index is 12.7. The third-order valence-electron chi connectivity index (χ3n) is 4.41. The van der Waals surface area contributed by atoms with E-state index < -0.39 is 0 Å². The summed E-state index contributed by atoms with van der Waals surface area (Å²) in [5.41, 5.74) is 0.325. The Balaban J connectivity index is 1.76. The van der Waals surface area contributed by atoms with Gasteiger partial charge in [0.1, 0.15) is 12.4 Å². The smallest absolute Gasteiger partial charge is 0.276 e. The average Bonchev–Trinajstić information content (AvgIpc) is 3.23. The second kappa shape index (κ2) is 7.14. The van der Waals surface area contributed by atoms with Gasteiger partial charge in [-0.1, -0.05) is 12.1 Å². The number of aromatic nitrogens is 3. The maximum Gasteiger partial charge on any atom is 0.276 e. The Bertz CT molecular complexity index is 695. The first-order valence-corrected chi connectivity index (χ1v) is 8.09. The van der Waals surface area contributed by atoms with Crippen LogP contribution in [0.4, 0.5) is 0 Å². The summed E-state index contributed by atoms with van der Waals surface area (Å²) in [5.74, 6) is 1.40. The van der Waals surface area contributed by atoms with Crippen LogP contribution in [0.5, 0.6) is 0 Å². The molecule has 2 aromatic rings. The van der Waals surface area contributed by atoms with Crippen LogP contribution in [-0.2, 0) is 18.4 Å². The SMILES string of the molecule is CCN1CCN(C(=O)c2cc(COC)on2)C[C@@H]1c1nccn1C. The van der Waals surface area contributed by atoms with Crippen molar-refractivity contribution in [2.75, 3.05) is 33.3 Å². The molecule has 0 spiro atoms. The molecule has 1 amide bonds. The van der Waals surface area contributed by atoms with E-state index in [0.717, 1.165) is 18.9 Å². The molecule has 0 N–H and O–H groups in total. The molecular formula is C16H23N5O3. The van der Waals surface area contributed by atoms with Gasteiger partial charge in [0.2, 0.25) is 0 Å². The van der Waals surface area contributed by atoms with Crippen molar-refractivity contribution in [1.29, 1.82) is 0 Å². The number of hydrogen-bond acceptors (Lipinski definition) is 6. The van der Waals surface area contributed by atoms with E-state index in [1.165, 1.54) is 0 Å². The Morgan fingerprint density at radius 3 is 2.96 bits per heavy atom. The number of rotatable bonds is 5.